The van der Waals surface area contributed by atoms with Crippen molar-refractivity contribution in [3.05, 3.63) is 61.5 Å². The minimum absolute atomic E-state index is 0.0777. The van der Waals surface area contributed by atoms with E-state index in [-0.39, 0.29) is 23.3 Å². The van der Waals surface area contributed by atoms with Gasteiger partial charge in [-0.15, -0.1) is 11.3 Å². The number of nitrogens with one attached hydrogen (secondary N) is 2. The monoisotopic (exact) mass is 457 g/mol. The second kappa shape index (κ2) is 8.75. The lowest BCUT2D eigenvalue weighted by Gasteiger charge is -2.33. The van der Waals surface area contributed by atoms with Crippen LogP contribution in [0, 0.1) is 11.3 Å². The molecule has 1 atom stereocenters. The molecule has 0 saturated carbocycles. The van der Waals surface area contributed by atoms with E-state index in [1.54, 1.807) is 17.4 Å². The van der Waals surface area contributed by atoms with Gasteiger partial charge in [0.25, 0.3) is 5.56 Å². The molecule has 2 aromatic heterocycles. The first-order valence-electron chi connectivity index (χ1n) is 10.8. The number of halogens is 1. The molecule has 164 valence electrons. The van der Waals surface area contributed by atoms with E-state index < -0.39 is 0 Å². The molecule has 3 aromatic rings. The second-order valence-electron chi connectivity index (χ2n) is 9.41. The number of amides is 1. The van der Waals surface area contributed by atoms with E-state index in [1.165, 1.54) is 10.4 Å². The van der Waals surface area contributed by atoms with E-state index >= 15 is 0 Å². The van der Waals surface area contributed by atoms with E-state index in [9.17, 15) is 9.59 Å². The largest absolute Gasteiger partial charge is 0.352 e. The number of aromatic nitrogens is 2. The van der Waals surface area contributed by atoms with Gasteiger partial charge in [-0.1, -0.05) is 44.5 Å². The zero-order valence-electron chi connectivity index (χ0n) is 18.2. The van der Waals surface area contributed by atoms with Gasteiger partial charge >= 0.3 is 0 Å². The lowest BCUT2D eigenvalue weighted by atomic mass is 9.72. The number of rotatable bonds is 5. The molecule has 1 amide bonds. The molecule has 1 aliphatic rings. The Hall–Kier alpha value is -2.18. The van der Waals surface area contributed by atoms with Gasteiger partial charge in [-0.25, -0.2) is 4.98 Å². The Morgan fingerprint density at radius 3 is 2.90 bits per heavy atom. The summed E-state index contributed by atoms with van der Waals surface area (Å²) in [5.74, 6) is 1.11. The van der Waals surface area contributed by atoms with Crippen molar-refractivity contribution in [1.29, 1.82) is 0 Å². The maximum atomic E-state index is 12.8. The normalized spacial score (nSPS) is 16.3. The molecule has 0 fully saturated rings. The molecule has 2 heterocycles. The highest BCUT2D eigenvalue weighted by Crippen LogP contribution is 2.41. The molecule has 0 bridgehead atoms. The van der Waals surface area contributed by atoms with Gasteiger partial charge < -0.3 is 10.3 Å². The van der Waals surface area contributed by atoms with Crippen LogP contribution in [0.1, 0.15) is 55.4 Å². The van der Waals surface area contributed by atoms with Crippen molar-refractivity contribution >= 4 is 39.1 Å². The third-order valence-corrected chi connectivity index (χ3v) is 7.54. The Kier molecular flexibility index (Phi) is 6.22. The molecule has 0 spiro atoms. The Labute approximate surface area is 191 Å². The number of aromatic amines is 1. The summed E-state index contributed by atoms with van der Waals surface area (Å²) in [5, 5.41) is 4.29. The molecule has 2 N–H and O–H groups in total. The fourth-order valence-corrected chi connectivity index (χ4v) is 5.79. The number of aryl methyl sites for hydroxylation is 2. The van der Waals surface area contributed by atoms with Gasteiger partial charge in [0.15, 0.2) is 0 Å². The lowest BCUT2D eigenvalue weighted by molar-refractivity contribution is -0.121. The molecule has 4 rings (SSSR count). The number of carbonyl (C=O) groups is 1. The number of benzene rings is 1. The summed E-state index contributed by atoms with van der Waals surface area (Å²) in [5.41, 5.74) is 2.31. The van der Waals surface area contributed by atoms with Crippen molar-refractivity contribution in [3.63, 3.8) is 0 Å². The average Bonchev–Trinajstić information content (AvgIpc) is 3.08. The Morgan fingerprint density at radius 2 is 2.16 bits per heavy atom. The van der Waals surface area contributed by atoms with Gasteiger partial charge in [0.05, 0.1) is 5.39 Å². The third-order valence-electron chi connectivity index (χ3n) is 6.16. The molecular weight excluding hydrogens is 430 g/mol. The minimum atomic E-state index is -0.0822. The molecule has 1 aliphatic carbocycles. The maximum Gasteiger partial charge on any atom is 0.259 e. The number of fused-ring (bicyclic) bond motifs is 3. The predicted molar refractivity (Wildman–Crippen MR) is 127 cm³/mol. The molecule has 0 saturated heterocycles. The van der Waals surface area contributed by atoms with Crippen molar-refractivity contribution in [2.45, 2.75) is 59.4 Å². The summed E-state index contributed by atoms with van der Waals surface area (Å²) >= 11 is 7.62. The fraction of sp³-hybridized carbons (Fsp3) is 0.458. The summed E-state index contributed by atoms with van der Waals surface area (Å²) in [4.78, 5) is 34.8. The van der Waals surface area contributed by atoms with Gasteiger partial charge in [0.1, 0.15) is 10.7 Å². The molecule has 31 heavy (non-hydrogen) atoms. The highest BCUT2D eigenvalue weighted by Gasteiger charge is 2.31. The van der Waals surface area contributed by atoms with Crippen LogP contribution in [-0.2, 0) is 30.6 Å². The van der Waals surface area contributed by atoms with Crippen LogP contribution in [0.25, 0.3) is 10.2 Å². The van der Waals surface area contributed by atoms with Gasteiger partial charge in [-0.2, -0.15) is 0 Å². The Bertz CT molecular complexity index is 1180. The van der Waals surface area contributed by atoms with Crippen molar-refractivity contribution in [2.24, 2.45) is 11.3 Å². The van der Waals surface area contributed by atoms with Crippen LogP contribution in [0.15, 0.2) is 29.1 Å². The van der Waals surface area contributed by atoms with E-state index in [2.05, 4.69) is 31.1 Å². The van der Waals surface area contributed by atoms with Crippen LogP contribution in [0.4, 0.5) is 0 Å². The zero-order chi connectivity index (χ0) is 22.2. The molecule has 0 aliphatic heterocycles. The van der Waals surface area contributed by atoms with Crippen LogP contribution in [0.2, 0.25) is 5.02 Å². The topological polar surface area (TPSA) is 74.8 Å². The van der Waals surface area contributed by atoms with Gasteiger partial charge in [-0.3, -0.25) is 9.59 Å². The van der Waals surface area contributed by atoms with Gasteiger partial charge in [-0.05, 0) is 53.9 Å². The average molecular weight is 458 g/mol. The highest BCUT2D eigenvalue weighted by molar-refractivity contribution is 7.18. The molecule has 7 heteroatoms. The summed E-state index contributed by atoms with van der Waals surface area (Å²) < 4.78 is 0. The first-order chi connectivity index (χ1) is 14.7. The Balaban J connectivity index is 1.43. The van der Waals surface area contributed by atoms with Crippen LogP contribution >= 0.6 is 22.9 Å². The standard InChI is InChI=1S/C24H28ClN3O2S/c1-24(2,3)15-7-8-17-18(12-15)31-23-21(17)22(30)27-19(28-23)9-10-20(29)26-13-14-5-4-6-16(25)11-14/h4-6,11,15H,7-10,12-13H2,1-3H3,(H,26,29)(H,27,28,30)/t15-/m0/s1. The van der Waals surface area contributed by atoms with Crippen LogP contribution < -0.4 is 10.9 Å². The van der Waals surface area contributed by atoms with Gasteiger partial charge in [0.2, 0.25) is 5.91 Å². The highest BCUT2D eigenvalue weighted by atomic mass is 35.5. The SMILES string of the molecule is CC(C)(C)[C@H]1CCc2c(sc3nc(CCC(=O)NCc4cccc(Cl)c4)[nH]c(=O)c23)C1. The molecule has 5 nitrogen and oxygen atoms in total. The second-order valence-corrected chi connectivity index (χ2v) is 10.9. The quantitative estimate of drug-likeness (QED) is 0.563. The first kappa shape index (κ1) is 22.0. The van der Waals surface area contributed by atoms with Crippen LogP contribution in [0.3, 0.4) is 0 Å². The summed E-state index contributed by atoms with van der Waals surface area (Å²) in [6.45, 7) is 7.29. The number of thiophene rings is 1. The van der Waals surface area contributed by atoms with E-state index in [0.717, 1.165) is 35.0 Å². The molecule has 0 unspecified atom stereocenters. The number of H-pyrrole nitrogens is 1. The minimum Gasteiger partial charge on any atom is -0.352 e. The van der Waals surface area contributed by atoms with Crippen molar-refractivity contribution < 1.29 is 4.79 Å². The molecule has 1 aromatic carbocycles. The Morgan fingerprint density at radius 1 is 1.35 bits per heavy atom. The number of hydrogen-bond acceptors (Lipinski definition) is 4. The number of nitrogens with zero attached hydrogens (tertiary/aromatic N) is 1. The summed E-state index contributed by atoms with van der Waals surface area (Å²) in [6, 6.07) is 7.41. The number of hydrogen-bond donors (Lipinski definition) is 2. The van der Waals surface area contributed by atoms with Gasteiger partial charge in [0, 0.05) is 29.3 Å². The van der Waals surface area contributed by atoms with E-state index in [0.29, 0.717) is 29.7 Å². The lowest BCUT2D eigenvalue weighted by Crippen LogP contribution is -2.26. The van der Waals surface area contributed by atoms with E-state index in [4.69, 9.17) is 16.6 Å². The van der Waals surface area contributed by atoms with Crippen LogP contribution in [-0.4, -0.2) is 15.9 Å². The van der Waals surface area contributed by atoms with Crippen molar-refractivity contribution in [2.75, 3.05) is 0 Å². The van der Waals surface area contributed by atoms with Crippen molar-refractivity contribution in [1.82, 2.24) is 15.3 Å². The zero-order valence-corrected chi connectivity index (χ0v) is 19.8. The molecular formula is C24H28ClN3O2S. The predicted octanol–water partition coefficient (Wildman–Crippen LogP) is 5.04. The molecule has 0 radical (unpaired) electrons. The van der Waals surface area contributed by atoms with Crippen LogP contribution in [0.5, 0.6) is 0 Å². The number of carbonyl (C=O) groups excluding carboxylic acids is 1. The van der Waals surface area contributed by atoms with Crippen molar-refractivity contribution in [3.8, 4) is 0 Å². The third kappa shape index (κ3) is 5.01. The summed E-state index contributed by atoms with van der Waals surface area (Å²) in [6.07, 6.45) is 3.73. The fourth-order valence-electron chi connectivity index (χ4n) is 4.25. The summed E-state index contributed by atoms with van der Waals surface area (Å²) in [7, 11) is 0. The first-order valence-corrected chi connectivity index (χ1v) is 11.9. The smallest absolute Gasteiger partial charge is 0.259 e. The van der Waals surface area contributed by atoms with E-state index in [1.807, 2.05) is 18.2 Å². The maximum absolute atomic E-state index is 12.8.